The van der Waals surface area contributed by atoms with E-state index in [0.717, 1.165) is 12.3 Å². The molecule has 0 N–H and O–H groups in total. The van der Waals surface area contributed by atoms with Gasteiger partial charge in [0.2, 0.25) is 0 Å². The first-order chi connectivity index (χ1) is 8.42. The van der Waals surface area contributed by atoms with Crippen LogP contribution >= 0.6 is 11.3 Å². The van der Waals surface area contributed by atoms with Crippen LogP contribution in [0.15, 0.2) is 29.9 Å². The average molecular weight is 238 g/mol. The molecule has 0 fully saturated rings. The zero-order chi connectivity index (χ0) is 11.2. The van der Waals surface area contributed by atoms with Crippen molar-refractivity contribution in [3.8, 4) is 0 Å². The molecule has 1 aromatic rings. The summed E-state index contributed by atoms with van der Waals surface area (Å²) >= 11 is 1.99. The van der Waals surface area contributed by atoms with Crippen LogP contribution in [-0.4, -0.2) is 0 Å². The fourth-order valence-electron chi connectivity index (χ4n) is 3.02. The standard InChI is InChI=1S/C16H14S/c1-2-6-12-10-16-14(9-11(12)5-1)13-7-3-4-8-15(13)17-16/h1-4,6-7,10-11H,5,8-9H2. The van der Waals surface area contributed by atoms with E-state index in [1.807, 2.05) is 11.3 Å². The molecule has 4 rings (SSSR count). The van der Waals surface area contributed by atoms with Gasteiger partial charge >= 0.3 is 0 Å². The van der Waals surface area contributed by atoms with Crippen molar-refractivity contribution in [1.29, 1.82) is 0 Å². The Morgan fingerprint density at radius 2 is 2.24 bits per heavy atom. The summed E-state index contributed by atoms with van der Waals surface area (Å²) in [6.07, 6.45) is 19.6. The first kappa shape index (κ1) is 9.90. The number of thiophene rings is 1. The van der Waals surface area contributed by atoms with Gasteiger partial charge in [0.05, 0.1) is 0 Å². The van der Waals surface area contributed by atoms with E-state index >= 15 is 0 Å². The van der Waals surface area contributed by atoms with Gasteiger partial charge in [-0.2, -0.15) is 0 Å². The Bertz CT molecular complexity index is 554. The fourth-order valence-corrected chi connectivity index (χ4v) is 4.28. The van der Waals surface area contributed by atoms with E-state index in [4.69, 9.17) is 0 Å². The largest absolute Gasteiger partial charge is 0.140 e. The lowest BCUT2D eigenvalue weighted by Crippen LogP contribution is -2.14. The minimum atomic E-state index is 0.727. The molecule has 0 spiro atoms. The van der Waals surface area contributed by atoms with Crippen LogP contribution < -0.4 is 0 Å². The minimum absolute atomic E-state index is 0.727. The van der Waals surface area contributed by atoms with Crippen LogP contribution in [0.25, 0.3) is 6.08 Å². The molecule has 0 aliphatic heterocycles. The lowest BCUT2D eigenvalue weighted by atomic mass is 9.79. The predicted octanol–water partition coefficient (Wildman–Crippen LogP) is 4.13. The highest BCUT2D eigenvalue weighted by Gasteiger charge is 2.27. The summed E-state index contributed by atoms with van der Waals surface area (Å²) in [6, 6.07) is 0. The van der Waals surface area contributed by atoms with Gasteiger partial charge < -0.3 is 0 Å². The molecule has 0 bridgehead atoms. The maximum Gasteiger partial charge on any atom is 0.0311 e. The Morgan fingerprint density at radius 1 is 1.24 bits per heavy atom. The van der Waals surface area contributed by atoms with Gasteiger partial charge in [-0.1, -0.05) is 24.3 Å². The molecular formula is C16H14S. The molecule has 1 atom stereocenters. The maximum absolute atomic E-state index is 2.42. The molecule has 0 saturated heterocycles. The fraction of sp³-hybridized carbons (Fsp3) is 0.250. The van der Waals surface area contributed by atoms with Crippen molar-refractivity contribution in [2.75, 3.05) is 0 Å². The van der Waals surface area contributed by atoms with Crippen molar-refractivity contribution in [2.45, 2.75) is 19.3 Å². The highest BCUT2D eigenvalue weighted by molar-refractivity contribution is 7.13. The normalized spacial score (nSPS) is 24.9. The zero-order valence-electron chi connectivity index (χ0n) is 9.65. The third-order valence-electron chi connectivity index (χ3n) is 3.92. The van der Waals surface area contributed by atoms with E-state index in [1.54, 1.807) is 10.4 Å². The molecule has 1 heterocycles. The molecule has 2 radical (unpaired) electrons. The Morgan fingerprint density at radius 3 is 3.24 bits per heavy atom. The summed E-state index contributed by atoms with van der Waals surface area (Å²) < 4.78 is 0. The smallest absolute Gasteiger partial charge is 0.0311 e. The Kier molecular flexibility index (Phi) is 2.16. The van der Waals surface area contributed by atoms with Crippen molar-refractivity contribution in [1.82, 2.24) is 0 Å². The molecule has 1 unspecified atom stereocenters. The van der Waals surface area contributed by atoms with Gasteiger partial charge in [0.15, 0.2) is 0 Å². The van der Waals surface area contributed by atoms with Gasteiger partial charge in [0.1, 0.15) is 0 Å². The van der Waals surface area contributed by atoms with Crippen molar-refractivity contribution in [3.05, 3.63) is 63.6 Å². The summed E-state index contributed by atoms with van der Waals surface area (Å²) in [4.78, 5) is 3.06. The highest BCUT2D eigenvalue weighted by atomic mass is 32.1. The second-order valence-electron chi connectivity index (χ2n) is 4.96. The van der Waals surface area contributed by atoms with Crippen LogP contribution in [0.4, 0.5) is 0 Å². The SMILES string of the molecule is [CH]1C=CC2=Cc3sc4c(c3CC2C1)[CH]C=CC4. The van der Waals surface area contributed by atoms with Crippen LogP contribution in [0.3, 0.4) is 0 Å². The van der Waals surface area contributed by atoms with Crippen molar-refractivity contribution < 1.29 is 0 Å². The molecule has 17 heavy (non-hydrogen) atoms. The predicted molar refractivity (Wildman–Crippen MR) is 73.8 cm³/mol. The topological polar surface area (TPSA) is 0 Å². The Hall–Kier alpha value is -1.08. The molecule has 3 aliphatic rings. The summed E-state index contributed by atoms with van der Waals surface area (Å²) in [7, 11) is 0. The van der Waals surface area contributed by atoms with E-state index in [0.29, 0.717) is 0 Å². The quantitative estimate of drug-likeness (QED) is 0.637. The van der Waals surface area contributed by atoms with Gasteiger partial charge in [0, 0.05) is 22.6 Å². The van der Waals surface area contributed by atoms with Crippen LogP contribution in [0.5, 0.6) is 0 Å². The van der Waals surface area contributed by atoms with Gasteiger partial charge in [-0.25, -0.2) is 0 Å². The first-order valence-electron chi connectivity index (χ1n) is 6.28. The second kappa shape index (κ2) is 3.71. The van der Waals surface area contributed by atoms with E-state index in [9.17, 15) is 0 Å². The Labute approximate surface area is 106 Å². The molecule has 0 amide bonds. The Balaban J connectivity index is 1.84. The summed E-state index contributed by atoms with van der Waals surface area (Å²) in [5, 5.41) is 0. The molecule has 1 aromatic heterocycles. The van der Waals surface area contributed by atoms with E-state index in [2.05, 4.69) is 43.2 Å². The van der Waals surface area contributed by atoms with Crippen LogP contribution in [0, 0.1) is 18.8 Å². The number of allylic oxidation sites excluding steroid dienone is 5. The second-order valence-corrected chi connectivity index (χ2v) is 6.09. The highest BCUT2D eigenvalue weighted by Crippen LogP contribution is 2.42. The summed E-state index contributed by atoms with van der Waals surface area (Å²) in [5.74, 6) is 0.727. The lowest BCUT2D eigenvalue weighted by Gasteiger charge is -2.25. The lowest BCUT2D eigenvalue weighted by molar-refractivity contribution is 0.605. The van der Waals surface area contributed by atoms with Gasteiger partial charge in [0.25, 0.3) is 0 Å². The molecule has 0 nitrogen and oxygen atoms in total. The molecule has 0 saturated carbocycles. The number of hydrogen-bond donors (Lipinski definition) is 0. The van der Waals surface area contributed by atoms with E-state index < -0.39 is 0 Å². The average Bonchev–Trinajstić information content (AvgIpc) is 2.73. The summed E-state index contributed by atoms with van der Waals surface area (Å²) in [5.41, 5.74) is 4.66. The molecule has 1 heteroatoms. The van der Waals surface area contributed by atoms with Crippen molar-refractivity contribution >= 4 is 17.4 Å². The van der Waals surface area contributed by atoms with Crippen molar-refractivity contribution in [2.24, 2.45) is 5.92 Å². The molecule has 84 valence electrons. The summed E-state index contributed by atoms with van der Waals surface area (Å²) in [6.45, 7) is 0. The third kappa shape index (κ3) is 1.49. The van der Waals surface area contributed by atoms with Crippen LogP contribution in [0.2, 0.25) is 0 Å². The van der Waals surface area contributed by atoms with E-state index in [1.165, 1.54) is 28.9 Å². The number of rotatable bonds is 0. The third-order valence-corrected chi connectivity index (χ3v) is 5.14. The minimum Gasteiger partial charge on any atom is -0.140 e. The maximum atomic E-state index is 2.42. The first-order valence-corrected chi connectivity index (χ1v) is 7.09. The van der Waals surface area contributed by atoms with Gasteiger partial charge in [-0.3, -0.25) is 0 Å². The number of fused-ring (bicyclic) bond motifs is 4. The van der Waals surface area contributed by atoms with E-state index in [-0.39, 0.29) is 0 Å². The monoisotopic (exact) mass is 238 g/mol. The molecule has 0 aromatic carbocycles. The zero-order valence-corrected chi connectivity index (χ0v) is 10.5. The van der Waals surface area contributed by atoms with Crippen molar-refractivity contribution in [3.63, 3.8) is 0 Å². The number of hydrogen-bond acceptors (Lipinski definition) is 1. The van der Waals surface area contributed by atoms with Gasteiger partial charge in [-0.05, 0) is 48.0 Å². The van der Waals surface area contributed by atoms with Gasteiger partial charge in [-0.15, -0.1) is 11.3 Å². The van der Waals surface area contributed by atoms with Crippen LogP contribution in [0.1, 0.15) is 27.3 Å². The molecular weight excluding hydrogens is 224 g/mol. The van der Waals surface area contributed by atoms with Crippen LogP contribution in [-0.2, 0) is 12.8 Å². The molecule has 3 aliphatic carbocycles.